The molecule has 1 atom stereocenters. The summed E-state index contributed by atoms with van der Waals surface area (Å²) in [5, 5.41) is 10.4. The van der Waals surface area contributed by atoms with Crippen molar-refractivity contribution in [1.82, 2.24) is 10.3 Å². The monoisotopic (exact) mass is 451 g/mol. The van der Waals surface area contributed by atoms with E-state index in [0.717, 1.165) is 16.2 Å². The lowest BCUT2D eigenvalue weighted by Crippen LogP contribution is -2.38. The van der Waals surface area contributed by atoms with Crippen LogP contribution in [-0.4, -0.2) is 35.9 Å². The predicted octanol–water partition coefficient (Wildman–Crippen LogP) is 3.72. The van der Waals surface area contributed by atoms with Crippen LogP contribution >= 0.6 is 11.3 Å². The van der Waals surface area contributed by atoms with Gasteiger partial charge in [0.2, 0.25) is 6.79 Å². The molecule has 0 saturated heterocycles. The summed E-state index contributed by atoms with van der Waals surface area (Å²) in [6.07, 6.45) is 0.521. The Labute approximate surface area is 187 Å². The lowest BCUT2D eigenvalue weighted by Gasteiger charge is -2.22. The second-order valence-electron chi connectivity index (χ2n) is 7.26. The molecule has 3 aromatic rings. The van der Waals surface area contributed by atoms with Gasteiger partial charge in [-0.1, -0.05) is 24.3 Å². The van der Waals surface area contributed by atoms with Crippen LogP contribution in [0.3, 0.4) is 0 Å². The molecule has 3 heterocycles. The van der Waals surface area contributed by atoms with E-state index in [2.05, 4.69) is 10.4 Å². The molecule has 162 valence electrons. The van der Waals surface area contributed by atoms with Gasteiger partial charge < -0.3 is 14.8 Å². The zero-order valence-electron chi connectivity index (χ0n) is 16.8. The number of nitrogens with one attached hydrogen (secondary N) is 1. The van der Waals surface area contributed by atoms with Crippen molar-refractivity contribution in [3.05, 3.63) is 81.8 Å². The molecule has 0 spiro atoms. The van der Waals surface area contributed by atoms with Crippen LogP contribution in [0.25, 0.3) is 0 Å². The maximum absolute atomic E-state index is 13.9. The molecule has 0 aliphatic carbocycles. The molecule has 0 bridgehead atoms. The third kappa shape index (κ3) is 3.82. The van der Waals surface area contributed by atoms with Crippen molar-refractivity contribution in [2.75, 3.05) is 13.3 Å². The van der Waals surface area contributed by atoms with Crippen molar-refractivity contribution >= 4 is 28.9 Å². The summed E-state index contributed by atoms with van der Waals surface area (Å²) in [6, 6.07) is 14.7. The standard InChI is InChI=1S/C23H18FN3O4S/c24-16-5-2-1-4-15(16)23(29)25-12-22(28)27-18(11-17(26-27)21-6-3-9-32-21)14-7-8-19-20(10-14)31-13-30-19/h1-10,18H,11-13H2,(H,25,29)/t18-/m1/s1. The van der Waals surface area contributed by atoms with E-state index in [0.29, 0.717) is 17.9 Å². The van der Waals surface area contributed by atoms with Gasteiger partial charge in [-0.05, 0) is 41.3 Å². The number of rotatable bonds is 5. The Bertz CT molecular complexity index is 1210. The van der Waals surface area contributed by atoms with Crippen LogP contribution < -0.4 is 14.8 Å². The molecule has 1 aromatic heterocycles. The Kier molecular flexibility index (Phi) is 5.32. The van der Waals surface area contributed by atoms with E-state index >= 15 is 0 Å². The minimum absolute atomic E-state index is 0.114. The summed E-state index contributed by atoms with van der Waals surface area (Å²) >= 11 is 1.54. The molecule has 2 aliphatic rings. The normalized spacial score (nSPS) is 16.7. The average Bonchev–Trinajstić information content (AvgIpc) is 3.57. The lowest BCUT2D eigenvalue weighted by atomic mass is 10.0. The molecule has 2 aliphatic heterocycles. The van der Waals surface area contributed by atoms with E-state index in [1.54, 1.807) is 17.4 Å². The maximum Gasteiger partial charge on any atom is 0.262 e. The van der Waals surface area contributed by atoms with Crippen molar-refractivity contribution in [3.63, 3.8) is 0 Å². The van der Waals surface area contributed by atoms with Crippen LogP contribution in [0.2, 0.25) is 0 Å². The van der Waals surface area contributed by atoms with Gasteiger partial charge in [-0.25, -0.2) is 9.40 Å². The van der Waals surface area contributed by atoms with Crippen molar-refractivity contribution in [1.29, 1.82) is 0 Å². The number of hydrogen-bond acceptors (Lipinski definition) is 6. The van der Waals surface area contributed by atoms with Gasteiger partial charge in [0.1, 0.15) is 5.82 Å². The van der Waals surface area contributed by atoms with E-state index in [4.69, 9.17) is 9.47 Å². The van der Waals surface area contributed by atoms with E-state index in [-0.39, 0.29) is 24.9 Å². The highest BCUT2D eigenvalue weighted by Gasteiger charge is 2.34. The highest BCUT2D eigenvalue weighted by molar-refractivity contribution is 7.12. The minimum atomic E-state index is -0.655. The van der Waals surface area contributed by atoms with Crippen LogP contribution in [0.15, 0.2) is 65.1 Å². The number of carbonyl (C=O) groups is 2. The van der Waals surface area contributed by atoms with Crippen LogP contribution in [-0.2, 0) is 4.79 Å². The predicted molar refractivity (Wildman–Crippen MR) is 116 cm³/mol. The van der Waals surface area contributed by atoms with E-state index in [9.17, 15) is 14.0 Å². The Morgan fingerprint density at radius 3 is 2.78 bits per heavy atom. The molecule has 5 rings (SSSR count). The Hall–Kier alpha value is -3.72. The summed E-state index contributed by atoms with van der Waals surface area (Å²) < 4.78 is 24.7. The molecular formula is C23H18FN3O4S. The van der Waals surface area contributed by atoms with E-state index in [1.807, 2.05) is 35.7 Å². The first kappa shape index (κ1) is 20.2. The van der Waals surface area contributed by atoms with Gasteiger partial charge in [0, 0.05) is 6.42 Å². The number of hydrogen-bond donors (Lipinski definition) is 1. The topological polar surface area (TPSA) is 80.2 Å². The molecule has 9 heteroatoms. The van der Waals surface area contributed by atoms with Gasteiger partial charge in [-0.15, -0.1) is 11.3 Å². The summed E-state index contributed by atoms with van der Waals surface area (Å²) in [6.45, 7) is -0.152. The second kappa shape index (κ2) is 8.43. The van der Waals surface area contributed by atoms with Gasteiger partial charge in [-0.3, -0.25) is 9.59 Å². The van der Waals surface area contributed by atoms with Gasteiger partial charge in [-0.2, -0.15) is 5.10 Å². The highest BCUT2D eigenvalue weighted by atomic mass is 32.1. The molecule has 7 nitrogen and oxygen atoms in total. The van der Waals surface area contributed by atoms with Crippen molar-refractivity contribution < 1.29 is 23.5 Å². The van der Waals surface area contributed by atoms with Crippen LogP contribution in [0.4, 0.5) is 4.39 Å². The second-order valence-corrected chi connectivity index (χ2v) is 8.21. The third-order valence-electron chi connectivity index (χ3n) is 5.27. The molecule has 0 fully saturated rings. The van der Waals surface area contributed by atoms with E-state index < -0.39 is 17.6 Å². The summed E-state index contributed by atoms with van der Waals surface area (Å²) in [5.41, 5.74) is 1.52. The van der Waals surface area contributed by atoms with Crippen LogP contribution in [0.1, 0.15) is 33.3 Å². The largest absolute Gasteiger partial charge is 0.454 e. The number of thiophene rings is 1. The number of fused-ring (bicyclic) bond motifs is 1. The number of ether oxygens (including phenoxy) is 2. The first-order valence-corrected chi connectivity index (χ1v) is 10.8. The Morgan fingerprint density at radius 1 is 1.12 bits per heavy atom. The summed E-state index contributed by atoms with van der Waals surface area (Å²) in [7, 11) is 0. The third-order valence-corrected chi connectivity index (χ3v) is 6.19. The number of amides is 2. The van der Waals surface area contributed by atoms with Gasteiger partial charge in [0.05, 0.1) is 28.7 Å². The Balaban J connectivity index is 1.37. The maximum atomic E-state index is 13.9. The zero-order chi connectivity index (χ0) is 22.1. The van der Waals surface area contributed by atoms with Crippen LogP contribution in [0, 0.1) is 5.82 Å². The van der Waals surface area contributed by atoms with Crippen molar-refractivity contribution in [3.8, 4) is 11.5 Å². The molecule has 32 heavy (non-hydrogen) atoms. The molecule has 0 saturated carbocycles. The fourth-order valence-corrected chi connectivity index (χ4v) is 4.41. The molecular weight excluding hydrogens is 433 g/mol. The number of hydrazone groups is 1. The van der Waals surface area contributed by atoms with Gasteiger partial charge in [0.15, 0.2) is 11.5 Å². The number of benzene rings is 2. The van der Waals surface area contributed by atoms with Crippen molar-refractivity contribution in [2.45, 2.75) is 12.5 Å². The average molecular weight is 451 g/mol. The SMILES string of the molecule is O=C(NCC(=O)N1N=C(c2cccs2)C[C@@H]1c1ccc2c(c1)OCO2)c1ccccc1F. The fraction of sp³-hybridized carbons (Fsp3) is 0.174. The quantitative estimate of drug-likeness (QED) is 0.641. The smallest absolute Gasteiger partial charge is 0.262 e. The highest BCUT2D eigenvalue weighted by Crippen LogP contribution is 2.39. The fourth-order valence-electron chi connectivity index (χ4n) is 3.69. The molecule has 0 radical (unpaired) electrons. The molecule has 1 N–H and O–H groups in total. The minimum Gasteiger partial charge on any atom is -0.454 e. The summed E-state index contributed by atoms with van der Waals surface area (Å²) in [4.78, 5) is 26.4. The number of nitrogens with zero attached hydrogens (tertiary/aromatic N) is 2. The Morgan fingerprint density at radius 2 is 1.97 bits per heavy atom. The first-order valence-electron chi connectivity index (χ1n) is 9.96. The van der Waals surface area contributed by atoms with Gasteiger partial charge in [0.25, 0.3) is 11.8 Å². The van der Waals surface area contributed by atoms with Gasteiger partial charge >= 0.3 is 0 Å². The van der Waals surface area contributed by atoms with Crippen molar-refractivity contribution in [2.24, 2.45) is 5.10 Å². The summed E-state index contributed by atoms with van der Waals surface area (Å²) in [5.74, 6) is -0.426. The van der Waals surface area contributed by atoms with Crippen LogP contribution in [0.5, 0.6) is 11.5 Å². The molecule has 2 amide bonds. The first-order chi connectivity index (χ1) is 15.6. The lowest BCUT2D eigenvalue weighted by molar-refractivity contribution is -0.131. The number of carbonyl (C=O) groups excluding carboxylic acids is 2. The number of halogens is 1. The van der Waals surface area contributed by atoms with E-state index in [1.165, 1.54) is 23.2 Å². The zero-order valence-corrected chi connectivity index (χ0v) is 17.6. The molecule has 2 aromatic carbocycles. The molecule has 0 unspecified atom stereocenters.